The first-order chi connectivity index (χ1) is 8.97. The summed E-state index contributed by atoms with van der Waals surface area (Å²) in [6, 6.07) is 0. The first kappa shape index (κ1) is 12.9. The van der Waals surface area contributed by atoms with E-state index in [4.69, 9.17) is 0 Å². The molecule has 0 saturated carbocycles. The van der Waals surface area contributed by atoms with Crippen LogP contribution in [0.1, 0.15) is 25.7 Å². The molecule has 2 aliphatic rings. The molecule has 0 heterocycles. The lowest BCUT2D eigenvalue weighted by molar-refractivity contribution is 0.671. The molecule has 0 aromatic carbocycles. The van der Waals surface area contributed by atoms with Crippen LogP contribution in [0, 0.1) is 11.8 Å². The van der Waals surface area contributed by atoms with Gasteiger partial charge in [-0.25, -0.2) is 0 Å². The third-order valence-corrected chi connectivity index (χ3v) is 3.32. The van der Waals surface area contributed by atoms with Crippen molar-refractivity contribution in [3.63, 3.8) is 0 Å². The van der Waals surface area contributed by atoms with E-state index in [-0.39, 0.29) is 0 Å². The van der Waals surface area contributed by atoms with E-state index in [1.54, 1.807) is 0 Å². The van der Waals surface area contributed by atoms with Crippen molar-refractivity contribution in [2.75, 3.05) is 0 Å². The van der Waals surface area contributed by atoms with Crippen LogP contribution in [0.4, 0.5) is 0 Å². The average molecular weight is 238 g/mol. The van der Waals surface area contributed by atoms with E-state index >= 15 is 0 Å². The van der Waals surface area contributed by atoms with E-state index in [0.717, 1.165) is 25.7 Å². The second-order valence-electron chi connectivity index (χ2n) is 4.79. The van der Waals surface area contributed by atoms with Gasteiger partial charge in [0.25, 0.3) is 0 Å². The second kappa shape index (κ2) is 7.71. The van der Waals surface area contributed by atoms with Crippen LogP contribution >= 0.6 is 0 Å². The molecule has 0 spiro atoms. The Bertz CT molecular complexity index is 362. The molecule has 2 rings (SSSR count). The van der Waals surface area contributed by atoms with Crippen LogP contribution in [0.2, 0.25) is 0 Å². The molecule has 0 saturated heterocycles. The number of rotatable bonds is 1. The fourth-order valence-electron chi connectivity index (χ4n) is 2.27. The highest BCUT2D eigenvalue weighted by Crippen LogP contribution is 2.21. The van der Waals surface area contributed by atoms with Crippen molar-refractivity contribution < 1.29 is 0 Å². The van der Waals surface area contributed by atoms with Crippen LogP contribution < -0.4 is 0 Å². The Hall–Kier alpha value is -1.56. The van der Waals surface area contributed by atoms with Gasteiger partial charge in [-0.3, -0.25) is 0 Å². The Morgan fingerprint density at radius 1 is 0.444 bits per heavy atom. The van der Waals surface area contributed by atoms with Gasteiger partial charge in [-0.05, 0) is 25.7 Å². The van der Waals surface area contributed by atoms with Crippen LogP contribution in [0.5, 0.6) is 0 Å². The van der Waals surface area contributed by atoms with Gasteiger partial charge in [0.05, 0.1) is 0 Å². The van der Waals surface area contributed by atoms with Crippen molar-refractivity contribution in [1.29, 1.82) is 0 Å². The highest BCUT2D eigenvalue weighted by Gasteiger charge is 2.10. The summed E-state index contributed by atoms with van der Waals surface area (Å²) >= 11 is 0. The van der Waals surface area contributed by atoms with Crippen LogP contribution in [0.15, 0.2) is 72.9 Å². The molecule has 0 fully saturated rings. The molecule has 0 aliphatic heterocycles. The monoisotopic (exact) mass is 238 g/mol. The predicted molar refractivity (Wildman–Crippen MR) is 80.3 cm³/mol. The maximum atomic E-state index is 2.35. The minimum Gasteiger partial charge on any atom is -0.0876 e. The topological polar surface area (TPSA) is 0 Å². The van der Waals surface area contributed by atoms with E-state index in [1.807, 2.05) is 0 Å². The van der Waals surface area contributed by atoms with Crippen molar-refractivity contribution in [2.45, 2.75) is 25.7 Å². The number of hydrogen-bond acceptors (Lipinski definition) is 0. The van der Waals surface area contributed by atoms with Crippen molar-refractivity contribution >= 4 is 0 Å². The molecule has 2 unspecified atom stereocenters. The molecule has 2 aliphatic carbocycles. The van der Waals surface area contributed by atoms with Crippen molar-refractivity contribution in [2.24, 2.45) is 11.8 Å². The molecule has 18 heavy (non-hydrogen) atoms. The van der Waals surface area contributed by atoms with Crippen molar-refractivity contribution in [1.82, 2.24) is 0 Å². The van der Waals surface area contributed by atoms with Gasteiger partial charge in [0, 0.05) is 11.8 Å². The van der Waals surface area contributed by atoms with Gasteiger partial charge in [-0.1, -0.05) is 72.9 Å². The van der Waals surface area contributed by atoms with Crippen LogP contribution in [-0.2, 0) is 0 Å². The fourth-order valence-corrected chi connectivity index (χ4v) is 2.27. The third kappa shape index (κ3) is 4.37. The van der Waals surface area contributed by atoms with E-state index in [9.17, 15) is 0 Å². The highest BCUT2D eigenvalue weighted by molar-refractivity contribution is 5.20. The fraction of sp³-hybridized carbons (Fsp3) is 0.333. The Morgan fingerprint density at radius 2 is 0.889 bits per heavy atom. The summed E-state index contributed by atoms with van der Waals surface area (Å²) in [6.45, 7) is 0. The number of hydrogen-bond donors (Lipinski definition) is 0. The van der Waals surface area contributed by atoms with E-state index in [2.05, 4.69) is 72.9 Å². The second-order valence-corrected chi connectivity index (χ2v) is 4.79. The summed E-state index contributed by atoms with van der Waals surface area (Å²) in [5.74, 6) is 0.957. The summed E-state index contributed by atoms with van der Waals surface area (Å²) in [6.07, 6.45) is 31.7. The Balaban J connectivity index is 2.15. The Labute approximate surface area is 111 Å². The molecule has 0 heteroatoms. The minimum absolute atomic E-state index is 0.478. The predicted octanol–water partition coefficient (Wildman–Crippen LogP) is 5.14. The van der Waals surface area contributed by atoms with Crippen LogP contribution in [-0.4, -0.2) is 0 Å². The zero-order valence-electron chi connectivity index (χ0n) is 10.9. The maximum absolute atomic E-state index is 2.35. The lowest BCUT2D eigenvalue weighted by Gasteiger charge is -2.14. The summed E-state index contributed by atoms with van der Waals surface area (Å²) in [4.78, 5) is 0. The van der Waals surface area contributed by atoms with Gasteiger partial charge in [0.15, 0.2) is 0 Å². The summed E-state index contributed by atoms with van der Waals surface area (Å²) in [5, 5.41) is 0. The molecule has 2 atom stereocenters. The van der Waals surface area contributed by atoms with Crippen LogP contribution in [0.3, 0.4) is 0 Å². The lowest BCUT2D eigenvalue weighted by Crippen LogP contribution is -2.05. The maximum Gasteiger partial charge on any atom is 0.00473 e. The molecule has 94 valence electrons. The Morgan fingerprint density at radius 3 is 1.39 bits per heavy atom. The Kier molecular flexibility index (Phi) is 5.52. The lowest BCUT2D eigenvalue weighted by atomic mass is 9.90. The summed E-state index contributed by atoms with van der Waals surface area (Å²) < 4.78 is 0. The van der Waals surface area contributed by atoms with E-state index < -0.39 is 0 Å². The third-order valence-electron chi connectivity index (χ3n) is 3.32. The highest BCUT2D eigenvalue weighted by atomic mass is 14.1. The van der Waals surface area contributed by atoms with Crippen molar-refractivity contribution in [3.8, 4) is 0 Å². The average Bonchev–Trinajstić information content (AvgIpc) is 2.61. The molecular formula is C18H22. The summed E-state index contributed by atoms with van der Waals surface area (Å²) in [5.41, 5.74) is 0. The zero-order valence-corrected chi connectivity index (χ0v) is 10.9. The molecule has 0 aromatic heterocycles. The number of allylic oxidation sites excluding steroid dienone is 12. The van der Waals surface area contributed by atoms with Gasteiger partial charge in [-0.2, -0.15) is 0 Å². The first-order valence-corrected chi connectivity index (χ1v) is 6.97. The van der Waals surface area contributed by atoms with Gasteiger partial charge >= 0.3 is 0 Å². The smallest absolute Gasteiger partial charge is 0.00473 e. The van der Waals surface area contributed by atoms with Gasteiger partial charge in [0.2, 0.25) is 0 Å². The molecule has 0 bridgehead atoms. The zero-order chi connectivity index (χ0) is 12.5. The molecule has 0 aromatic rings. The molecule has 0 amide bonds. The van der Waals surface area contributed by atoms with Gasteiger partial charge in [-0.15, -0.1) is 0 Å². The quantitative estimate of drug-likeness (QED) is 0.555. The molecule has 0 N–H and O–H groups in total. The first-order valence-electron chi connectivity index (χ1n) is 6.97. The van der Waals surface area contributed by atoms with E-state index in [0.29, 0.717) is 11.8 Å². The van der Waals surface area contributed by atoms with Crippen molar-refractivity contribution in [3.05, 3.63) is 72.9 Å². The normalized spacial score (nSPS) is 38.7. The van der Waals surface area contributed by atoms with Gasteiger partial charge < -0.3 is 0 Å². The minimum atomic E-state index is 0.478. The molecule has 0 radical (unpaired) electrons. The standard InChI is InChI=1S/C18H22/c1-2-6-10-14-17(13-9-5-1)18-15-11-7-3-4-8-12-16-18/h1,3,5,7,9-18H,2,4,6,8H2/b5-1-,7-3-,13-9-,14-10-,15-11-,16-12-. The molecule has 0 nitrogen and oxygen atoms in total. The molecular weight excluding hydrogens is 216 g/mol. The largest absolute Gasteiger partial charge is 0.0876 e. The van der Waals surface area contributed by atoms with Crippen LogP contribution in [0.25, 0.3) is 0 Å². The van der Waals surface area contributed by atoms with Gasteiger partial charge in [0.1, 0.15) is 0 Å². The SMILES string of the molecule is C1=C\CC/C=C\C(C2/C=C\C=C/CC/C=C\2)\C=C/1. The van der Waals surface area contributed by atoms with E-state index in [1.165, 1.54) is 0 Å². The summed E-state index contributed by atoms with van der Waals surface area (Å²) in [7, 11) is 0.